The van der Waals surface area contributed by atoms with Crippen LogP contribution in [0.1, 0.15) is 50.4 Å². The lowest BCUT2D eigenvalue weighted by Crippen LogP contribution is -2.06. The van der Waals surface area contributed by atoms with Crippen LogP contribution in [0.3, 0.4) is 0 Å². The van der Waals surface area contributed by atoms with Crippen LogP contribution >= 0.6 is 0 Å². The molecule has 1 aliphatic rings. The number of nitrogens with two attached hydrogens (primary N) is 1. The first-order valence-electron chi connectivity index (χ1n) is 6.91. The number of ketones is 1. The fourth-order valence-electron chi connectivity index (χ4n) is 1.87. The van der Waals surface area contributed by atoms with Crippen LogP contribution in [0.15, 0.2) is 53.3 Å². The lowest BCUT2D eigenvalue weighted by Gasteiger charge is -2.01. The summed E-state index contributed by atoms with van der Waals surface area (Å²) in [6.07, 6.45) is 4.88. The van der Waals surface area contributed by atoms with Gasteiger partial charge in [0.2, 0.25) is 0 Å². The van der Waals surface area contributed by atoms with Crippen molar-refractivity contribution in [2.45, 2.75) is 40.0 Å². The number of carbonyl (C=O) groups is 1. The highest BCUT2D eigenvalue weighted by Crippen LogP contribution is 2.26. The summed E-state index contributed by atoms with van der Waals surface area (Å²) < 4.78 is 0. The molecule has 0 aromatic heterocycles. The summed E-state index contributed by atoms with van der Waals surface area (Å²) >= 11 is 0. The molecule has 1 aliphatic carbocycles. The van der Waals surface area contributed by atoms with E-state index in [0.717, 1.165) is 12.8 Å². The van der Waals surface area contributed by atoms with Gasteiger partial charge >= 0.3 is 0 Å². The van der Waals surface area contributed by atoms with Gasteiger partial charge in [-0.25, -0.2) is 0 Å². The fourth-order valence-corrected chi connectivity index (χ4v) is 1.87. The molecule has 2 heteroatoms. The lowest BCUT2D eigenvalue weighted by atomic mass is 10.0. The third kappa shape index (κ3) is 4.09. The molecule has 0 unspecified atom stereocenters. The molecule has 0 bridgehead atoms. The standard InChI is InChI=1S/C14H15NO.C3H8/c1-2-10-8-12(13(15)9-10)14(16)11-6-4-3-5-7-11;1-3-2/h3-8H,2,9,15H2,1H3;3H2,1-2H3. The third-order valence-electron chi connectivity index (χ3n) is 2.85. The topological polar surface area (TPSA) is 43.1 Å². The Kier molecular flexibility index (Phi) is 6.07. The van der Waals surface area contributed by atoms with Gasteiger partial charge in [-0.1, -0.05) is 63.1 Å². The van der Waals surface area contributed by atoms with Gasteiger partial charge in [0.1, 0.15) is 0 Å². The average Bonchev–Trinajstić information content (AvgIpc) is 2.81. The van der Waals surface area contributed by atoms with Crippen molar-refractivity contribution in [3.63, 3.8) is 0 Å². The summed E-state index contributed by atoms with van der Waals surface area (Å²) in [5.74, 6) is 0.0292. The van der Waals surface area contributed by atoms with Gasteiger partial charge < -0.3 is 5.73 Å². The number of allylic oxidation sites excluding steroid dienone is 3. The number of Topliss-reactive ketones (excluding diaryl/α,β-unsaturated/α-hetero) is 1. The van der Waals surface area contributed by atoms with Crippen LogP contribution < -0.4 is 5.73 Å². The zero-order chi connectivity index (χ0) is 14.3. The smallest absolute Gasteiger partial charge is 0.194 e. The van der Waals surface area contributed by atoms with E-state index in [4.69, 9.17) is 5.73 Å². The van der Waals surface area contributed by atoms with E-state index >= 15 is 0 Å². The van der Waals surface area contributed by atoms with Gasteiger partial charge in [0.05, 0.1) is 0 Å². The summed E-state index contributed by atoms with van der Waals surface area (Å²) in [4.78, 5) is 12.1. The number of carbonyl (C=O) groups excluding carboxylic acids is 1. The highest BCUT2D eigenvalue weighted by atomic mass is 16.1. The Hall–Kier alpha value is -1.83. The lowest BCUT2D eigenvalue weighted by molar-refractivity contribution is 0.103. The second-order valence-corrected chi connectivity index (χ2v) is 4.67. The number of rotatable bonds is 3. The second kappa shape index (κ2) is 7.57. The Morgan fingerprint density at radius 2 is 1.74 bits per heavy atom. The molecule has 2 rings (SSSR count). The number of benzene rings is 1. The van der Waals surface area contributed by atoms with E-state index in [1.165, 1.54) is 12.0 Å². The van der Waals surface area contributed by atoms with Crippen LogP contribution in [-0.4, -0.2) is 5.78 Å². The van der Waals surface area contributed by atoms with Crippen LogP contribution in [-0.2, 0) is 0 Å². The molecule has 0 spiro atoms. The van der Waals surface area contributed by atoms with Crippen molar-refractivity contribution in [3.05, 3.63) is 58.8 Å². The van der Waals surface area contributed by atoms with Crippen molar-refractivity contribution in [1.29, 1.82) is 0 Å². The van der Waals surface area contributed by atoms with Gasteiger partial charge in [-0.15, -0.1) is 0 Å². The van der Waals surface area contributed by atoms with Crippen molar-refractivity contribution in [3.8, 4) is 0 Å². The van der Waals surface area contributed by atoms with Crippen molar-refractivity contribution in [1.82, 2.24) is 0 Å². The first-order chi connectivity index (χ1) is 9.13. The maximum Gasteiger partial charge on any atom is 0.194 e. The van der Waals surface area contributed by atoms with E-state index < -0.39 is 0 Å². The summed E-state index contributed by atoms with van der Waals surface area (Å²) in [6.45, 7) is 6.33. The SMILES string of the molecule is CCC.CCC1=CC(C(=O)c2ccccc2)=C(N)C1. The number of hydrogen-bond acceptors (Lipinski definition) is 2. The monoisotopic (exact) mass is 257 g/mol. The molecule has 1 aromatic carbocycles. The van der Waals surface area contributed by atoms with Gasteiger partial charge in [0, 0.05) is 23.3 Å². The Morgan fingerprint density at radius 3 is 2.21 bits per heavy atom. The van der Waals surface area contributed by atoms with Crippen molar-refractivity contribution in [2.75, 3.05) is 0 Å². The van der Waals surface area contributed by atoms with Gasteiger partial charge in [0.25, 0.3) is 0 Å². The predicted molar refractivity (Wildman–Crippen MR) is 80.9 cm³/mol. The van der Waals surface area contributed by atoms with E-state index in [0.29, 0.717) is 16.8 Å². The molecule has 0 saturated carbocycles. The average molecular weight is 257 g/mol. The molecule has 0 fully saturated rings. The van der Waals surface area contributed by atoms with Crippen LogP contribution in [0.5, 0.6) is 0 Å². The molecule has 0 radical (unpaired) electrons. The molecule has 102 valence electrons. The Labute approximate surface area is 116 Å². The maximum atomic E-state index is 12.1. The third-order valence-corrected chi connectivity index (χ3v) is 2.85. The summed E-state index contributed by atoms with van der Waals surface area (Å²) in [7, 11) is 0. The summed E-state index contributed by atoms with van der Waals surface area (Å²) in [6, 6.07) is 9.27. The van der Waals surface area contributed by atoms with Crippen molar-refractivity contribution in [2.24, 2.45) is 5.73 Å². The molecule has 2 N–H and O–H groups in total. The summed E-state index contributed by atoms with van der Waals surface area (Å²) in [5.41, 5.74) is 9.20. The number of hydrogen-bond donors (Lipinski definition) is 1. The van der Waals surface area contributed by atoms with Gasteiger partial charge in [-0.2, -0.15) is 0 Å². The first-order valence-corrected chi connectivity index (χ1v) is 6.91. The molecular formula is C17H23NO. The van der Waals surface area contributed by atoms with Crippen LogP contribution in [0, 0.1) is 0 Å². The van der Waals surface area contributed by atoms with Gasteiger partial charge in [-0.3, -0.25) is 4.79 Å². The summed E-state index contributed by atoms with van der Waals surface area (Å²) in [5, 5.41) is 0. The predicted octanol–water partition coefficient (Wildman–Crippen LogP) is 4.24. The zero-order valence-corrected chi connectivity index (χ0v) is 12.1. The molecule has 0 heterocycles. The van der Waals surface area contributed by atoms with E-state index in [-0.39, 0.29) is 5.78 Å². The zero-order valence-electron chi connectivity index (χ0n) is 12.1. The van der Waals surface area contributed by atoms with Crippen LogP contribution in [0.4, 0.5) is 0 Å². The molecule has 0 aliphatic heterocycles. The highest BCUT2D eigenvalue weighted by molar-refractivity contribution is 6.11. The molecule has 19 heavy (non-hydrogen) atoms. The van der Waals surface area contributed by atoms with Crippen molar-refractivity contribution >= 4 is 5.78 Å². The molecule has 1 aromatic rings. The molecule has 0 saturated heterocycles. The normalized spacial score (nSPS) is 13.7. The Balaban J connectivity index is 0.000000550. The van der Waals surface area contributed by atoms with Gasteiger partial charge in [-0.05, 0) is 12.5 Å². The Bertz CT molecular complexity index is 483. The largest absolute Gasteiger partial charge is 0.401 e. The molecule has 0 atom stereocenters. The van der Waals surface area contributed by atoms with Gasteiger partial charge in [0.15, 0.2) is 5.78 Å². The Morgan fingerprint density at radius 1 is 1.16 bits per heavy atom. The fraction of sp³-hybridized carbons (Fsp3) is 0.353. The highest BCUT2D eigenvalue weighted by Gasteiger charge is 2.19. The maximum absolute atomic E-state index is 12.1. The minimum atomic E-state index is 0.0292. The first kappa shape index (κ1) is 15.2. The second-order valence-electron chi connectivity index (χ2n) is 4.67. The molecular weight excluding hydrogens is 234 g/mol. The van der Waals surface area contributed by atoms with E-state index in [1.54, 1.807) is 0 Å². The van der Waals surface area contributed by atoms with E-state index in [1.807, 2.05) is 36.4 Å². The van der Waals surface area contributed by atoms with Crippen LogP contribution in [0.2, 0.25) is 0 Å². The minimum Gasteiger partial charge on any atom is -0.401 e. The molecule has 0 amide bonds. The van der Waals surface area contributed by atoms with E-state index in [9.17, 15) is 4.79 Å². The quantitative estimate of drug-likeness (QED) is 0.823. The minimum absolute atomic E-state index is 0.0292. The van der Waals surface area contributed by atoms with Crippen LogP contribution in [0.25, 0.3) is 0 Å². The molecule has 2 nitrogen and oxygen atoms in total. The van der Waals surface area contributed by atoms with Crippen molar-refractivity contribution < 1.29 is 4.79 Å². The van der Waals surface area contributed by atoms with E-state index in [2.05, 4.69) is 20.8 Å².